The third kappa shape index (κ3) is 6.99. The quantitative estimate of drug-likeness (QED) is 0.656. The van der Waals surface area contributed by atoms with Crippen LogP contribution in [-0.2, 0) is 11.2 Å². The maximum atomic E-state index is 12.5. The van der Waals surface area contributed by atoms with Crippen molar-refractivity contribution in [2.24, 2.45) is 5.92 Å². The smallest absolute Gasteiger partial charge is 0.260 e. The molecule has 1 aliphatic heterocycles. The molecule has 0 atom stereocenters. The number of likely N-dealkylation sites (tertiary alicyclic amines) is 1. The van der Waals surface area contributed by atoms with Crippen molar-refractivity contribution in [3.8, 4) is 0 Å². The van der Waals surface area contributed by atoms with Gasteiger partial charge in [-0.1, -0.05) is 0 Å². The van der Waals surface area contributed by atoms with Crippen LogP contribution in [0.3, 0.4) is 0 Å². The van der Waals surface area contributed by atoms with Crippen LogP contribution < -0.4 is 10.6 Å². The predicted molar refractivity (Wildman–Crippen MR) is 120 cm³/mol. The molecule has 0 bridgehead atoms. The highest BCUT2D eigenvalue weighted by molar-refractivity contribution is 7.14. The van der Waals surface area contributed by atoms with E-state index in [0.29, 0.717) is 28.1 Å². The van der Waals surface area contributed by atoms with Crippen LogP contribution in [0.15, 0.2) is 22.1 Å². The van der Waals surface area contributed by atoms with Crippen molar-refractivity contribution in [3.05, 3.63) is 34.7 Å². The molecule has 0 saturated carbocycles. The molecule has 1 fully saturated rings. The van der Waals surface area contributed by atoms with Crippen LogP contribution in [-0.4, -0.2) is 48.4 Å². The molecule has 2 aromatic heterocycles. The molecule has 0 spiro atoms. The highest BCUT2D eigenvalue weighted by Gasteiger charge is 2.23. The average Bonchev–Trinajstić information content (AvgIpc) is 3.29. The van der Waals surface area contributed by atoms with Crippen molar-refractivity contribution in [1.29, 1.82) is 0 Å². The molecule has 0 radical (unpaired) electrons. The number of rotatable bonds is 7. The first-order valence-electron chi connectivity index (χ1n) is 9.29. The van der Waals surface area contributed by atoms with Crippen LogP contribution in [0.2, 0.25) is 0 Å². The maximum Gasteiger partial charge on any atom is 0.260 e. The zero-order valence-corrected chi connectivity index (χ0v) is 19.1. The Morgan fingerprint density at radius 1 is 1.31 bits per heavy atom. The summed E-state index contributed by atoms with van der Waals surface area (Å²) in [7, 11) is 1.97. The largest absolute Gasteiger partial charge is 0.469 e. The van der Waals surface area contributed by atoms with Gasteiger partial charge in [0, 0.05) is 18.5 Å². The molecule has 0 aromatic carbocycles. The van der Waals surface area contributed by atoms with E-state index in [1.165, 1.54) is 24.0 Å². The first-order valence-corrected chi connectivity index (χ1v) is 10.2. The SMILES string of the molecule is CNCCC1CCN(C(=O)Cc2csc(NC(=O)c3ccoc3C)n2)CC1.Cl.Cl. The first-order chi connectivity index (χ1) is 13.1. The summed E-state index contributed by atoms with van der Waals surface area (Å²) < 4.78 is 5.15. The minimum atomic E-state index is -0.253. The first kappa shape index (κ1) is 25.4. The number of hydrogen-bond donors (Lipinski definition) is 2. The molecule has 7 nitrogen and oxygen atoms in total. The summed E-state index contributed by atoms with van der Waals surface area (Å²) in [6, 6.07) is 1.63. The Kier molecular flexibility index (Phi) is 10.7. The molecular formula is C19H28Cl2N4O3S. The van der Waals surface area contributed by atoms with Crippen molar-refractivity contribution in [1.82, 2.24) is 15.2 Å². The van der Waals surface area contributed by atoms with Crippen LogP contribution in [0.25, 0.3) is 0 Å². The van der Waals surface area contributed by atoms with Crippen molar-refractivity contribution < 1.29 is 14.0 Å². The zero-order chi connectivity index (χ0) is 19.2. The predicted octanol–water partition coefficient (Wildman–Crippen LogP) is 3.53. The molecule has 0 aliphatic carbocycles. The van der Waals surface area contributed by atoms with Gasteiger partial charge in [-0.3, -0.25) is 14.9 Å². The second kappa shape index (κ2) is 12.2. The fourth-order valence-corrected chi connectivity index (χ4v) is 4.02. The number of nitrogens with one attached hydrogen (secondary N) is 2. The van der Waals surface area contributed by atoms with Crippen LogP contribution in [0.4, 0.5) is 5.13 Å². The lowest BCUT2D eigenvalue weighted by Gasteiger charge is -2.32. The number of thiazole rings is 1. The monoisotopic (exact) mass is 462 g/mol. The molecule has 162 valence electrons. The topological polar surface area (TPSA) is 87.5 Å². The molecule has 10 heteroatoms. The Hall–Kier alpha value is -1.61. The van der Waals surface area contributed by atoms with Gasteiger partial charge in [0.1, 0.15) is 5.76 Å². The molecule has 3 heterocycles. The number of furan rings is 1. The van der Waals surface area contributed by atoms with E-state index in [2.05, 4.69) is 15.6 Å². The molecule has 2 N–H and O–H groups in total. The summed E-state index contributed by atoms with van der Waals surface area (Å²) in [5.74, 6) is 1.12. The minimum Gasteiger partial charge on any atom is -0.469 e. The Morgan fingerprint density at radius 2 is 2.03 bits per heavy atom. The lowest BCUT2D eigenvalue weighted by molar-refractivity contribution is -0.131. The summed E-state index contributed by atoms with van der Waals surface area (Å²) in [6.07, 6.45) is 5.06. The van der Waals surface area contributed by atoms with E-state index in [1.54, 1.807) is 13.0 Å². The van der Waals surface area contributed by atoms with Gasteiger partial charge in [-0.05, 0) is 51.8 Å². The van der Waals surface area contributed by atoms with Gasteiger partial charge < -0.3 is 14.6 Å². The molecular weight excluding hydrogens is 435 g/mol. The van der Waals surface area contributed by atoms with Gasteiger partial charge in [0.15, 0.2) is 5.13 Å². The van der Waals surface area contributed by atoms with Gasteiger partial charge in [0.25, 0.3) is 5.91 Å². The highest BCUT2D eigenvalue weighted by atomic mass is 35.5. The molecule has 0 unspecified atom stereocenters. The van der Waals surface area contributed by atoms with Gasteiger partial charge in [-0.25, -0.2) is 4.98 Å². The number of piperidine rings is 1. The van der Waals surface area contributed by atoms with E-state index in [1.807, 2.05) is 17.3 Å². The van der Waals surface area contributed by atoms with Gasteiger partial charge in [-0.2, -0.15) is 0 Å². The third-order valence-corrected chi connectivity index (χ3v) is 5.78. The number of carbonyl (C=O) groups excluding carboxylic acids is 2. The molecule has 29 heavy (non-hydrogen) atoms. The van der Waals surface area contributed by atoms with Crippen LogP contribution in [0, 0.1) is 12.8 Å². The zero-order valence-electron chi connectivity index (χ0n) is 16.6. The Morgan fingerprint density at radius 3 is 2.66 bits per heavy atom. The van der Waals surface area contributed by atoms with Crippen molar-refractivity contribution in [3.63, 3.8) is 0 Å². The summed E-state index contributed by atoms with van der Waals surface area (Å²) in [5, 5.41) is 8.27. The number of aromatic nitrogens is 1. The average molecular weight is 463 g/mol. The van der Waals surface area contributed by atoms with Crippen molar-refractivity contribution in [2.75, 3.05) is 32.0 Å². The fraction of sp³-hybridized carbons (Fsp3) is 0.526. The minimum absolute atomic E-state index is 0. The van der Waals surface area contributed by atoms with E-state index in [9.17, 15) is 9.59 Å². The number of amides is 2. The van der Waals surface area contributed by atoms with Crippen molar-refractivity contribution in [2.45, 2.75) is 32.6 Å². The standard InChI is InChI=1S/C19H26N4O3S.2ClH/c1-13-16(6-10-26-13)18(25)22-19-21-15(12-27-19)11-17(24)23-8-4-14(5-9-23)3-7-20-2;;/h6,10,12,14,20H,3-5,7-9,11H2,1-2H3,(H,21,22,25);2*1H. The summed E-state index contributed by atoms with van der Waals surface area (Å²) in [5.41, 5.74) is 1.19. The number of anilines is 1. The number of halogens is 2. The fourth-order valence-electron chi connectivity index (χ4n) is 3.32. The van der Waals surface area contributed by atoms with E-state index < -0.39 is 0 Å². The number of nitrogens with zero attached hydrogens (tertiary/aromatic N) is 2. The Bertz CT molecular complexity index is 788. The molecule has 3 rings (SSSR count). The maximum absolute atomic E-state index is 12.5. The highest BCUT2D eigenvalue weighted by Crippen LogP contribution is 2.22. The second-order valence-electron chi connectivity index (χ2n) is 6.88. The van der Waals surface area contributed by atoms with E-state index in [-0.39, 0.29) is 43.0 Å². The third-order valence-electron chi connectivity index (χ3n) is 4.98. The van der Waals surface area contributed by atoms with Gasteiger partial charge in [-0.15, -0.1) is 36.2 Å². The van der Waals surface area contributed by atoms with Crippen LogP contribution in [0.5, 0.6) is 0 Å². The van der Waals surface area contributed by atoms with Gasteiger partial charge in [0.2, 0.25) is 5.91 Å². The van der Waals surface area contributed by atoms with Crippen molar-refractivity contribution >= 4 is 53.1 Å². The molecule has 1 saturated heterocycles. The summed E-state index contributed by atoms with van der Waals surface area (Å²) in [4.78, 5) is 31.0. The van der Waals surface area contributed by atoms with Gasteiger partial charge in [0.05, 0.1) is 23.9 Å². The lowest BCUT2D eigenvalue weighted by Crippen LogP contribution is -2.39. The van der Waals surface area contributed by atoms with E-state index in [0.717, 1.165) is 32.5 Å². The number of aryl methyl sites for hydroxylation is 1. The van der Waals surface area contributed by atoms with E-state index >= 15 is 0 Å². The Labute approximate surface area is 187 Å². The molecule has 2 aromatic rings. The summed E-state index contributed by atoms with van der Waals surface area (Å²) in [6.45, 7) is 4.41. The lowest BCUT2D eigenvalue weighted by atomic mass is 9.93. The second-order valence-corrected chi connectivity index (χ2v) is 7.74. The molecule has 2 amide bonds. The van der Waals surface area contributed by atoms with Crippen LogP contribution in [0.1, 0.15) is 41.1 Å². The number of hydrogen-bond acceptors (Lipinski definition) is 6. The van der Waals surface area contributed by atoms with Gasteiger partial charge >= 0.3 is 0 Å². The Balaban J connectivity index is 0.00000210. The van der Waals surface area contributed by atoms with Crippen LogP contribution >= 0.6 is 36.2 Å². The molecule has 1 aliphatic rings. The van der Waals surface area contributed by atoms with E-state index in [4.69, 9.17) is 4.42 Å². The normalized spacial score (nSPS) is 14.1. The number of carbonyl (C=O) groups is 2. The summed E-state index contributed by atoms with van der Waals surface area (Å²) >= 11 is 1.33.